The van der Waals surface area contributed by atoms with Crippen molar-refractivity contribution in [2.45, 2.75) is 25.8 Å². The zero-order valence-electron chi connectivity index (χ0n) is 9.00. The molecule has 0 radical (unpaired) electrons. The van der Waals surface area contributed by atoms with E-state index in [1.807, 2.05) is 13.8 Å². The van der Waals surface area contributed by atoms with E-state index in [1.165, 1.54) is 6.07 Å². The first-order chi connectivity index (χ1) is 6.87. The number of hydrogen-bond acceptors (Lipinski definition) is 1. The molecular formula is C11H14F3N. The number of rotatable bonds is 3. The highest BCUT2D eigenvalue weighted by Crippen LogP contribution is 2.19. The Labute approximate surface area is 87.3 Å². The van der Waals surface area contributed by atoms with Gasteiger partial charge in [0.2, 0.25) is 0 Å². The van der Waals surface area contributed by atoms with Crippen LogP contribution in [-0.4, -0.2) is 12.6 Å². The second-order valence-corrected chi connectivity index (χ2v) is 4.15. The molecule has 1 rings (SSSR count). The molecule has 0 unspecified atom stereocenters. The van der Waals surface area contributed by atoms with Gasteiger partial charge in [-0.15, -0.1) is 0 Å². The van der Waals surface area contributed by atoms with Gasteiger partial charge in [0.25, 0.3) is 0 Å². The fraction of sp³-hybridized carbons (Fsp3) is 0.455. The van der Waals surface area contributed by atoms with Gasteiger partial charge in [0.1, 0.15) is 0 Å². The van der Waals surface area contributed by atoms with Gasteiger partial charge in [-0.25, -0.2) is 13.2 Å². The molecule has 0 saturated carbocycles. The van der Waals surface area contributed by atoms with Crippen LogP contribution in [0.15, 0.2) is 12.1 Å². The Morgan fingerprint density at radius 1 is 1.13 bits per heavy atom. The fourth-order valence-electron chi connectivity index (χ4n) is 1.27. The Hall–Kier alpha value is -1.03. The first kappa shape index (κ1) is 12.0. The summed E-state index contributed by atoms with van der Waals surface area (Å²) in [7, 11) is 1.73. The molecule has 1 aromatic rings. The fourth-order valence-corrected chi connectivity index (χ4v) is 1.27. The minimum Gasteiger partial charge on any atom is -0.314 e. The third-order valence-corrected chi connectivity index (χ3v) is 2.42. The molecule has 0 fully saturated rings. The van der Waals surface area contributed by atoms with Crippen LogP contribution >= 0.6 is 0 Å². The van der Waals surface area contributed by atoms with E-state index < -0.39 is 17.5 Å². The standard InChI is InChI=1S/C11H14F3N/c1-11(2,15-3)6-7-4-5-8(12)10(14)9(7)13/h4-5,15H,6H2,1-3H3. The molecule has 15 heavy (non-hydrogen) atoms. The van der Waals surface area contributed by atoms with Crippen LogP contribution in [0.4, 0.5) is 13.2 Å². The normalized spacial score (nSPS) is 11.9. The second kappa shape index (κ2) is 4.23. The molecule has 1 aromatic carbocycles. The van der Waals surface area contributed by atoms with Crippen molar-refractivity contribution in [1.29, 1.82) is 0 Å². The molecule has 1 N–H and O–H groups in total. The lowest BCUT2D eigenvalue weighted by atomic mass is 9.95. The molecule has 0 atom stereocenters. The van der Waals surface area contributed by atoms with E-state index >= 15 is 0 Å². The van der Waals surface area contributed by atoms with Crippen molar-refractivity contribution in [3.05, 3.63) is 35.1 Å². The summed E-state index contributed by atoms with van der Waals surface area (Å²) in [6.45, 7) is 3.71. The summed E-state index contributed by atoms with van der Waals surface area (Å²) in [5.41, 5.74) is -0.182. The van der Waals surface area contributed by atoms with Gasteiger partial charge in [-0.05, 0) is 38.9 Å². The molecular weight excluding hydrogens is 203 g/mol. The molecule has 0 aromatic heterocycles. The topological polar surface area (TPSA) is 12.0 Å². The zero-order valence-corrected chi connectivity index (χ0v) is 9.00. The Morgan fingerprint density at radius 2 is 1.73 bits per heavy atom. The van der Waals surface area contributed by atoms with Crippen molar-refractivity contribution in [3.8, 4) is 0 Å². The molecule has 0 amide bonds. The van der Waals surface area contributed by atoms with Crippen LogP contribution in [0.25, 0.3) is 0 Å². The summed E-state index contributed by atoms with van der Waals surface area (Å²) in [6, 6.07) is 2.21. The van der Waals surface area contributed by atoms with E-state index in [0.717, 1.165) is 6.07 Å². The van der Waals surface area contributed by atoms with Crippen molar-refractivity contribution in [1.82, 2.24) is 5.32 Å². The van der Waals surface area contributed by atoms with Crippen molar-refractivity contribution >= 4 is 0 Å². The van der Waals surface area contributed by atoms with Gasteiger partial charge in [-0.3, -0.25) is 0 Å². The van der Waals surface area contributed by atoms with E-state index in [9.17, 15) is 13.2 Å². The van der Waals surface area contributed by atoms with Gasteiger partial charge in [0, 0.05) is 5.54 Å². The van der Waals surface area contributed by atoms with Crippen molar-refractivity contribution in [3.63, 3.8) is 0 Å². The summed E-state index contributed by atoms with van der Waals surface area (Å²) >= 11 is 0. The quantitative estimate of drug-likeness (QED) is 0.767. The van der Waals surface area contributed by atoms with E-state index in [1.54, 1.807) is 7.05 Å². The van der Waals surface area contributed by atoms with Gasteiger partial charge in [-0.2, -0.15) is 0 Å². The molecule has 4 heteroatoms. The van der Waals surface area contributed by atoms with Crippen LogP contribution in [0, 0.1) is 17.5 Å². The van der Waals surface area contributed by atoms with Crippen molar-refractivity contribution in [2.24, 2.45) is 0 Å². The number of likely N-dealkylation sites (N-methyl/N-ethyl adjacent to an activating group) is 1. The summed E-state index contributed by atoms with van der Waals surface area (Å²) in [5.74, 6) is -3.66. The smallest absolute Gasteiger partial charge is 0.194 e. The number of benzene rings is 1. The molecule has 84 valence electrons. The van der Waals surface area contributed by atoms with Crippen LogP contribution in [0.5, 0.6) is 0 Å². The van der Waals surface area contributed by atoms with Gasteiger partial charge in [0.15, 0.2) is 17.5 Å². The zero-order chi connectivity index (χ0) is 11.6. The van der Waals surface area contributed by atoms with Crippen LogP contribution in [0.2, 0.25) is 0 Å². The molecule has 0 aliphatic rings. The van der Waals surface area contributed by atoms with Crippen LogP contribution in [-0.2, 0) is 6.42 Å². The monoisotopic (exact) mass is 217 g/mol. The van der Waals surface area contributed by atoms with Crippen molar-refractivity contribution < 1.29 is 13.2 Å². The van der Waals surface area contributed by atoms with E-state index in [4.69, 9.17) is 0 Å². The van der Waals surface area contributed by atoms with Crippen molar-refractivity contribution in [2.75, 3.05) is 7.05 Å². The summed E-state index contributed by atoms with van der Waals surface area (Å²) in [6.07, 6.45) is 0.298. The van der Waals surface area contributed by atoms with E-state index in [-0.39, 0.29) is 11.1 Å². The van der Waals surface area contributed by atoms with Gasteiger partial charge in [0.05, 0.1) is 0 Å². The van der Waals surface area contributed by atoms with Crippen LogP contribution in [0.3, 0.4) is 0 Å². The highest BCUT2D eigenvalue weighted by atomic mass is 19.2. The molecule has 0 saturated heterocycles. The maximum absolute atomic E-state index is 13.3. The van der Waals surface area contributed by atoms with E-state index in [2.05, 4.69) is 5.32 Å². The minimum atomic E-state index is -1.40. The third kappa shape index (κ3) is 2.72. The predicted molar refractivity (Wildman–Crippen MR) is 53.2 cm³/mol. The Balaban J connectivity index is 3.02. The summed E-state index contributed by atoms with van der Waals surface area (Å²) < 4.78 is 38.8. The van der Waals surface area contributed by atoms with E-state index in [0.29, 0.717) is 6.42 Å². The number of hydrogen-bond donors (Lipinski definition) is 1. The van der Waals surface area contributed by atoms with Crippen LogP contribution < -0.4 is 5.32 Å². The maximum Gasteiger partial charge on any atom is 0.194 e. The average Bonchev–Trinajstić information content (AvgIpc) is 2.19. The highest BCUT2D eigenvalue weighted by Gasteiger charge is 2.20. The first-order valence-electron chi connectivity index (χ1n) is 4.68. The van der Waals surface area contributed by atoms with Crippen LogP contribution in [0.1, 0.15) is 19.4 Å². The highest BCUT2D eigenvalue weighted by molar-refractivity contribution is 5.22. The molecule has 0 bridgehead atoms. The molecule has 0 heterocycles. The van der Waals surface area contributed by atoms with Gasteiger partial charge < -0.3 is 5.32 Å². The second-order valence-electron chi connectivity index (χ2n) is 4.15. The third-order valence-electron chi connectivity index (χ3n) is 2.42. The van der Waals surface area contributed by atoms with Gasteiger partial charge >= 0.3 is 0 Å². The number of halogens is 3. The summed E-state index contributed by atoms with van der Waals surface area (Å²) in [4.78, 5) is 0. The van der Waals surface area contributed by atoms with Gasteiger partial charge in [-0.1, -0.05) is 6.07 Å². The first-order valence-corrected chi connectivity index (χ1v) is 4.68. The number of nitrogens with one attached hydrogen (secondary N) is 1. The Kier molecular flexibility index (Phi) is 3.39. The largest absolute Gasteiger partial charge is 0.314 e. The average molecular weight is 217 g/mol. The SMILES string of the molecule is CNC(C)(C)Cc1ccc(F)c(F)c1F. The summed E-state index contributed by atoms with van der Waals surface area (Å²) in [5, 5.41) is 2.97. The lowest BCUT2D eigenvalue weighted by molar-refractivity contribution is 0.397. The Bertz CT molecular complexity index is 361. The molecule has 0 spiro atoms. The molecule has 0 aliphatic heterocycles. The predicted octanol–water partition coefficient (Wildman–Crippen LogP) is 2.64. The molecule has 0 aliphatic carbocycles. The lowest BCUT2D eigenvalue weighted by Crippen LogP contribution is -2.38. The maximum atomic E-state index is 13.3. The lowest BCUT2D eigenvalue weighted by Gasteiger charge is -2.24. The molecule has 1 nitrogen and oxygen atoms in total. The minimum absolute atomic E-state index is 0.174. The Morgan fingerprint density at radius 3 is 2.27 bits per heavy atom.